The van der Waals surface area contributed by atoms with Crippen LogP contribution in [-0.4, -0.2) is 70.8 Å². The SMILES string of the molecule is O=C(O)c1ccc(C(=O)O)c(C2=c3cc4c5c(c3Oc3c2cc2c6c3C[C@@H](O)CN6CCC2)C[C@H](O)C[N+]=5CCC4)c1. The van der Waals surface area contributed by atoms with Crippen molar-refractivity contribution in [3.63, 3.8) is 0 Å². The molecule has 3 aromatic carbocycles. The molecule has 4 N–H and O–H groups in total. The monoisotopic (exact) mass is 567 g/mol. The van der Waals surface area contributed by atoms with Gasteiger partial charge in [-0.1, -0.05) is 0 Å². The van der Waals surface area contributed by atoms with E-state index in [0.717, 1.165) is 72.1 Å². The van der Waals surface area contributed by atoms with E-state index in [1.165, 1.54) is 18.2 Å². The van der Waals surface area contributed by atoms with Crippen LogP contribution in [-0.2, 0) is 25.7 Å². The molecule has 0 spiro atoms. The van der Waals surface area contributed by atoms with Crippen molar-refractivity contribution < 1.29 is 34.8 Å². The van der Waals surface area contributed by atoms with Crippen molar-refractivity contribution in [2.24, 2.45) is 0 Å². The molecular weight excluding hydrogens is 536 g/mol. The third kappa shape index (κ3) is 3.66. The number of aliphatic hydroxyl groups excluding tert-OH is 2. The molecule has 0 saturated carbocycles. The number of carboxylic acid groups (broad SMARTS) is 2. The van der Waals surface area contributed by atoms with E-state index in [9.17, 15) is 30.0 Å². The maximum Gasteiger partial charge on any atom is 0.336 e. The smallest absolute Gasteiger partial charge is 0.336 e. The molecule has 5 aliphatic rings. The Balaban J connectivity index is 1.55. The van der Waals surface area contributed by atoms with Crippen LogP contribution in [0.4, 0.5) is 5.69 Å². The van der Waals surface area contributed by atoms with Crippen LogP contribution < -0.4 is 24.8 Å². The topological polar surface area (TPSA) is 131 Å². The van der Waals surface area contributed by atoms with E-state index in [1.54, 1.807) is 0 Å². The molecule has 2 atom stereocenters. The van der Waals surface area contributed by atoms with Crippen LogP contribution in [0.5, 0.6) is 11.5 Å². The summed E-state index contributed by atoms with van der Waals surface area (Å²) in [6.45, 7) is 2.78. The van der Waals surface area contributed by atoms with Crippen molar-refractivity contribution in [1.82, 2.24) is 4.58 Å². The summed E-state index contributed by atoms with van der Waals surface area (Å²) in [5.74, 6) is -1.12. The molecule has 5 heterocycles. The van der Waals surface area contributed by atoms with Gasteiger partial charge in [-0.15, -0.1) is 0 Å². The molecule has 0 radical (unpaired) electrons. The van der Waals surface area contributed by atoms with Gasteiger partial charge in [-0.05, 0) is 60.7 Å². The Morgan fingerprint density at radius 1 is 0.881 bits per heavy atom. The van der Waals surface area contributed by atoms with Crippen molar-refractivity contribution >= 4 is 23.2 Å². The lowest BCUT2D eigenvalue weighted by Crippen LogP contribution is -2.50. The fraction of sp³-hybridized carbons (Fsp3) is 0.364. The third-order valence-electron chi connectivity index (χ3n) is 9.49. The molecule has 0 amide bonds. The molecule has 5 aliphatic heterocycles. The van der Waals surface area contributed by atoms with Crippen LogP contribution in [0, 0.1) is 0 Å². The van der Waals surface area contributed by atoms with E-state index < -0.39 is 24.1 Å². The lowest BCUT2D eigenvalue weighted by atomic mass is 9.81. The first-order valence-corrected chi connectivity index (χ1v) is 14.7. The summed E-state index contributed by atoms with van der Waals surface area (Å²) in [4.78, 5) is 26.9. The summed E-state index contributed by atoms with van der Waals surface area (Å²) in [6, 6.07) is 8.32. The first-order chi connectivity index (χ1) is 20.3. The summed E-state index contributed by atoms with van der Waals surface area (Å²) in [6.07, 6.45) is 3.22. The van der Waals surface area contributed by atoms with Crippen molar-refractivity contribution in [2.45, 2.75) is 50.7 Å². The third-order valence-corrected chi connectivity index (χ3v) is 9.49. The zero-order chi connectivity index (χ0) is 28.9. The van der Waals surface area contributed by atoms with Crippen LogP contribution in [0.25, 0.3) is 5.57 Å². The van der Waals surface area contributed by atoms with E-state index >= 15 is 0 Å². The summed E-state index contributed by atoms with van der Waals surface area (Å²) < 4.78 is 9.10. The van der Waals surface area contributed by atoms with Crippen molar-refractivity contribution in [3.8, 4) is 11.5 Å². The number of aliphatic hydroxyl groups is 2. The predicted octanol–water partition coefficient (Wildman–Crippen LogP) is 1.46. The van der Waals surface area contributed by atoms with Gasteiger partial charge in [0, 0.05) is 65.5 Å². The number of benzene rings is 3. The summed E-state index contributed by atoms with van der Waals surface area (Å²) in [7, 11) is 0. The Bertz CT molecular complexity index is 1880. The molecule has 8 rings (SSSR count). The maximum absolute atomic E-state index is 12.6. The van der Waals surface area contributed by atoms with Crippen LogP contribution in [0.15, 0.2) is 30.3 Å². The van der Waals surface area contributed by atoms with Gasteiger partial charge in [-0.3, -0.25) is 0 Å². The normalized spacial score (nSPS) is 21.5. The fourth-order valence-corrected chi connectivity index (χ4v) is 7.92. The average Bonchev–Trinajstić information content (AvgIpc) is 2.96. The molecule has 42 heavy (non-hydrogen) atoms. The Morgan fingerprint density at radius 2 is 1.69 bits per heavy atom. The molecule has 214 valence electrons. The average molecular weight is 568 g/mol. The summed E-state index contributed by atoms with van der Waals surface area (Å²) >= 11 is 0. The van der Waals surface area contributed by atoms with Gasteiger partial charge in [0.1, 0.15) is 24.1 Å². The Hall–Kier alpha value is -4.21. The number of fused-ring (bicyclic) bond motifs is 4. The number of carboxylic acids is 2. The van der Waals surface area contributed by atoms with Gasteiger partial charge < -0.3 is 30.1 Å². The van der Waals surface area contributed by atoms with Crippen molar-refractivity contribution in [3.05, 3.63) is 85.4 Å². The summed E-state index contributed by atoms with van der Waals surface area (Å²) in [5, 5.41) is 43.8. The second-order valence-electron chi connectivity index (χ2n) is 12.1. The molecule has 3 aromatic rings. The van der Waals surface area contributed by atoms with Crippen LogP contribution in [0.2, 0.25) is 0 Å². The molecule has 0 saturated heterocycles. The predicted molar refractivity (Wildman–Crippen MR) is 153 cm³/mol. The Kier molecular flexibility index (Phi) is 5.55. The van der Waals surface area contributed by atoms with Gasteiger partial charge in [0.2, 0.25) is 5.36 Å². The van der Waals surface area contributed by atoms with Gasteiger partial charge in [0.25, 0.3) is 0 Å². The number of anilines is 1. The van der Waals surface area contributed by atoms with Gasteiger partial charge in [0.05, 0.1) is 22.8 Å². The first-order valence-electron chi connectivity index (χ1n) is 14.7. The van der Waals surface area contributed by atoms with Crippen LogP contribution in [0.3, 0.4) is 0 Å². The van der Waals surface area contributed by atoms with Gasteiger partial charge in [-0.25, -0.2) is 14.2 Å². The van der Waals surface area contributed by atoms with E-state index in [2.05, 4.69) is 21.6 Å². The van der Waals surface area contributed by atoms with Gasteiger partial charge in [0.15, 0.2) is 6.54 Å². The zero-order valence-corrected chi connectivity index (χ0v) is 23.0. The Morgan fingerprint density at radius 3 is 2.50 bits per heavy atom. The number of carbonyl (C=O) groups is 2. The van der Waals surface area contributed by atoms with E-state index in [4.69, 9.17) is 4.74 Å². The highest BCUT2D eigenvalue weighted by molar-refractivity contribution is 6.01. The second-order valence-corrected chi connectivity index (χ2v) is 12.1. The van der Waals surface area contributed by atoms with Crippen LogP contribution >= 0.6 is 0 Å². The molecule has 9 nitrogen and oxygen atoms in total. The molecule has 9 heteroatoms. The van der Waals surface area contributed by atoms with Crippen molar-refractivity contribution in [1.29, 1.82) is 0 Å². The highest BCUT2D eigenvalue weighted by atomic mass is 16.5. The van der Waals surface area contributed by atoms with E-state index in [1.807, 2.05) is 0 Å². The minimum absolute atomic E-state index is 0.00103. The zero-order valence-electron chi connectivity index (χ0n) is 23.0. The standard InChI is InChI=1S/C33H30N2O7/c36-19-12-25-28-16(3-1-7-34(28)14-19)9-23-27(22-11-18(32(38)39)5-6-21(22)33(40)41)24-10-17-4-2-8-35-15-20(37)13-26(29(17)35)31(24)42-30(23)25/h5-6,9-11,19-20,36-37H,1-4,7-8,12-15H2,(H-,38,39,40,41)/p+1/t19-,20+. The van der Waals surface area contributed by atoms with Gasteiger partial charge >= 0.3 is 11.9 Å². The lowest BCUT2D eigenvalue weighted by molar-refractivity contribution is 0.0681. The van der Waals surface area contributed by atoms with E-state index in [-0.39, 0.29) is 11.1 Å². The molecule has 0 fully saturated rings. The highest BCUT2D eigenvalue weighted by Gasteiger charge is 2.39. The van der Waals surface area contributed by atoms with Crippen molar-refractivity contribution in [2.75, 3.05) is 31.1 Å². The minimum atomic E-state index is -1.15. The number of nitrogens with zero attached hydrogens (tertiary/aromatic N) is 2. The number of aromatic carboxylic acids is 2. The molecule has 0 aliphatic carbocycles. The first kappa shape index (κ1) is 25.5. The minimum Gasteiger partial charge on any atom is -0.478 e. The molecule has 0 aromatic heterocycles. The highest BCUT2D eigenvalue weighted by Crippen LogP contribution is 2.49. The molecule has 0 bridgehead atoms. The Labute approximate surface area is 241 Å². The fourth-order valence-electron chi connectivity index (χ4n) is 7.92. The summed E-state index contributed by atoms with van der Waals surface area (Å²) in [5.41, 5.74) is 6.79. The quantitative estimate of drug-likeness (QED) is 0.274. The van der Waals surface area contributed by atoms with Gasteiger partial charge in [-0.2, -0.15) is 0 Å². The maximum atomic E-state index is 12.6. The number of aryl methyl sites for hydroxylation is 2. The number of hydrogen-bond donors (Lipinski definition) is 4. The number of hydrogen-bond acceptors (Lipinski definition) is 6. The largest absolute Gasteiger partial charge is 0.478 e. The molecular formula is C33H31N2O7+. The lowest BCUT2D eigenvalue weighted by Gasteiger charge is -2.41. The number of rotatable bonds is 3. The van der Waals surface area contributed by atoms with E-state index in [0.29, 0.717) is 59.3 Å². The van der Waals surface area contributed by atoms with Crippen LogP contribution in [0.1, 0.15) is 66.9 Å². The molecule has 0 unspecified atom stereocenters. The number of ether oxygens (including phenoxy) is 1. The second kappa shape index (κ2) is 9.14.